The molecule has 0 atom stereocenters. The van der Waals surface area contributed by atoms with Gasteiger partial charge in [-0.15, -0.1) is 0 Å². The summed E-state index contributed by atoms with van der Waals surface area (Å²) in [6.07, 6.45) is 2.23. The van der Waals surface area contributed by atoms with Crippen LogP contribution in [0.25, 0.3) is 0 Å². The number of likely N-dealkylation sites (tertiary alicyclic amines) is 1. The van der Waals surface area contributed by atoms with E-state index >= 15 is 0 Å². The third-order valence-corrected chi connectivity index (χ3v) is 4.96. The van der Waals surface area contributed by atoms with E-state index in [9.17, 15) is 9.59 Å². The molecule has 142 valence electrons. The van der Waals surface area contributed by atoms with Gasteiger partial charge >= 0.3 is 0 Å². The highest BCUT2D eigenvalue weighted by Crippen LogP contribution is 2.16. The first kappa shape index (κ1) is 19.4. The number of rotatable bonds is 6. The summed E-state index contributed by atoms with van der Waals surface area (Å²) < 4.78 is 0. The number of benzene rings is 2. The minimum absolute atomic E-state index is 0.0169. The van der Waals surface area contributed by atoms with Crippen molar-refractivity contribution < 1.29 is 9.59 Å². The normalized spacial score (nSPS) is 15.3. The Morgan fingerprint density at radius 2 is 1.78 bits per heavy atom. The molecule has 0 aliphatic carbocycles. The van der Waals surface area contributed by atoms with E-state index in [1.165, 1.54) is 0 Å². The van der Waals surface area contributed by atoms with Crippen molar-refractivity contribution >= 4 is 29.1 Å². The maximum absolute atomic E-state index is 12.2. The molecule has 1 saturated heterocycles. The smallest absolute Gasteiger partial charge is 0.251 e. The summed E-state index contributed by atoms with van der Waals surface area (Å²) in [4.78, 5) is 26.6. The monoisotopic (exact) mass is 385 g/mol. The molecule has 2 amide bonds. The Bertz CT molecular complexity index is 774. The van der Waals surface area contributed by atoms with Gasteiger partial charge in [0.25, 0.3) is 5.91 Å². The van der Waals surface area contributed by atoms with Crippen LogP contribution in [0.4, 0.5) is 5.69 Å². The summed E-state index contributed by atoms with van der Waals surface area (Å²) in [6, 6.07) is 16.6. The van der Waals surface area contributed by atoms with Crippen molar-refractivity contribution in [1.29, 1.82) is 0 Å². The fourth-order valence-electron chi connectivity index (χ4n) is 3.21. The molecule has 0 radical (unpaired) electrons. The number of halogens is 1. The zero-order chi connectivity index (χ0) is 19.1. The quantitative estimate of drug-likeness (QED) is 0.799. The molecule has 2 N–H and O–H groups in total. The summed E-state index contributed by atoms with van der Waals surface area (Å²) in [5.41, 5.74) is 1.41. The lowest BCUT2D eigenvalue weighted by atomic mass is 10.0. The average molecular weight is 386 g/mol. The first-order chi connectivity index (χ1) is 13.1. The van der Waals surface area contributed by atoms with Crippen LogP contribution in [0.3, 0.4) is 0 Å². The number of hydrogen-bond acceptors (Lipinski definition) is 3. The van der Waals surface area contributed by atoms with Gasteiger partial charge in [0, 0.05) is 48.4 Å². The van der Waals surface area contributed by atoms with Crippen molar-refractivity contribution in [2.75, 3.05) is 25.0 Å². The molecule has 27 heavy (non-hydrogen) atoms. The summed E-state index contributed by atoms with van der Waals surface area (Å²) in [5.74, 6) is -0.0354. The van der Waals surface area contributed by atoms with Gasteiger partial charge in [-0.1, -0.05) is 35.9 Å². The van der Waals surface area contributed by atoms with Gasteiger partial charge in [0.05, 0.1) is 0 Å². The Hall–Kier alpha value is -2.37. The largest absolute Gasteiger partial charge is 0.349 e. The standard InChI is InChI=1S/C21H24ClN3O2/c22-17-7-4-8-19(15-17)23-20(26)11-14-25-12-9-18(10-13-25)24-21(27)16-5-2-1-3-6-16/h1-8,15,18H,9-14H2,(H,23,26)(H,24,27). The second-order valence-corrected chi connectivity index (χ2v) is 7.20. The Kier molecular flexibility index (Phi) is 6.85. The highest BCUT2D eigenvalue weighted by atomic mass is 35.5. The molecule has 0 bridgehead atoms. The fraction of sp³-hybridized carbons (Fsp3) is 0.333. The van der Waals surface area contributed by atoms with Gasteiger partial charge < -0.3 is 15.5 Å². The molecule has 6 heteroatoms. The third kappa shape index (κ3) is 6.08. The van der Waals surface area contributed by atoms with Crippen molar-refractivity contribution in [1.82, 2.24) is 10.2 Å². The SMILES string of the molecule is O=C(CCN1CCC(NC(=O)c2ccccc2)CC1)Nc1cccc(Cl)c1. The first-order valence-electron chi connectivity index (χ1n) is 9.24. The van der Waals surface area contributed by atoms with Crippen LogP contribution in [0, 0.1) is 0 Å². The highest BCUT2D eigenvalue weighted by molar-refractivity contribution is 6.30. The predicted octanol–water partition coefficient (Wildman–Crippen LogP) is 3.56. The van der Waals surface area contributed by atoms with Crippen molar-refractivity contribution in [2.24, 2.45) is 0 Å². The Morgan fingerprint density at radius 3 is 2.48 bits per heavy atom. The van der Waals surface area contributed by atoms with Crippen LogP contribution in [0.2, 0.25) is 5.02 Å². The van der Waals surface area contributed by atoms with Gasteiger partial charge in [-0.2, -0.15) is 0 Å². The molecule has 5 nitrogen and oxygen atoms in total. The molecular weight excluding hydrogens is 362 g/mol. The zero-order valence-electron chi connectivity index (χ0n) is 15.2. The van der Waals surface area contributed by atoms with Gasteiger partial charge in [0.1, 0.15) is 0 Å². The number of piperidine rings is 1. The number of carbonyl (C=O) groups is 2. The number of nitrogens with zero attached hydrogens (tertiary/aromatic N) is 1. The minimum atomic E-state index is -0.0186. The summed E-state index contributed by atoms with van der Waals surface area (Å²) in [6.45, 7) is 2.47. The van der Waals surface area contributed by atoms with E-state index in [1.807, 2.05) is 42.5 Å². The number of amides is 2. The van der Waals surface area contributed by atoms with E-state index < -0.39 is 0 Å². The van der Waals surface area contributed by atoms with E-state index in [4.69, 9.17) is 11.6 Å². The summed E-state index contributed by atoms with van der Waals surface area (Å²) in [5, 5.41) is 6.57. The molecule has 0 spiro atoms. The van der Waals surface area contributed by atoms with Crippen LogP contribution in [-0.4, -0.2) is 42.4 Å². The van der Waals surface area contributed by atoms with E-state index in [2.05, 4.69) is 15.5 Å². The number of carbonyl (C=O) groups excluding carboxylic acids is 2. The van der Waals surface area contributed by atoms with Crippen LogP contribution in [-0.2, 0) is 4.79 Å². The molecule has 3 rings (SSSR count). The second-order valence-electron chi connectivity index (χ2n) is 6.76. The molecule has 1 aliphatic rings. The molecule has 1 heterocycles. The van der Waals surface area contributed by atoms with E-state index in [-0.39, 0.29) is 17.9 Å². The summed E-state index contributed by atoms with van der Waals surface area (Å²) >= 11 is 5.93. The Morgan fingerprint density at radius 1 is 1.04 bits per heavy atom. The van der Waals surface area contributed by atoms with E-state index in [0.29, 0.717) is 23.6 Å². The molecule has 0 saturated carbocycles. The molecular formula is C21H24ClN3O2. The van der Waals surface area contributed by atoms with Gasteiger partial charge in [-0.05, 0) is 43.2 Å². The lowest BCUT2D eigenvalue weighted by Crippen LogP contribution is -2.45. The lowest BCUT2D eigenvalue weighted by Gasteiger charge is -2.32. The Balaban J connectivity index is 1.37. The molecule has 1 fully saturated rings. The predicted molar refractivity (Wildman–Crippen MR) is 108 cm³/mol. The number of anilines is 1. The highest BCUT2D eigenvalue weighted by Gasteiger charge is 2.21. The van der Waals surface area contributed by atoms with Crippen molar-refractivity contribution in [3.05, 3.63) is 65.2 Å². The Labute approximate surface area is 164 Å². The topological polar surface area (TPSA) is 61.4 Å². The van der Waals surface area contributed by atoms with Crippen LogP contribution >= 0.6 is 11.6 Å². The van der Waals surface area contributed by atoms with Crippen LogP contribution in [0.5, 0.6) is 0 Å². The minimum Gasteiger partial charge on any atom is -0.349 e. The molecule has 0 unspecified atom stereocenters. The van der Waals surface area contributed by atoms with E-state index in [1.54, 1.807) is 12.1 Å². The average Bonchev–Trinajstić information content (AvgIpc) is 2.68. The van der Waals surface area contributed by atoms with Crippen LogP contribution in [0.15, 0.2) is 54.6 Å². The maximum atomic E-state index is 12.2. The van der Waals surface area contributed by atoms with Gasteiger partial charge in [-0.3, -0.25) is 9.59 Å². The second kappa shape index (κ2) is 9.53. The van der Waals surface area contributed by atoms with Crippen molar-refractivity contribution in [2.45, 2.75) is 25.3 Å². The molecule has 2 aromatic carbocycles. The zero-order valence-corrected chi connectivity index (χ0v) is 15.9. The molecule has 1 aliphatic heterocycles. The summed E-state index contributed by atoms with van der Waals surface area (Å²) in [7, 11) is 0. The van der Waals surface area contributed by atoms with Crippen molar-refractivity contribution in [3.63, 3.8) is 0 Å². The maximum Gasteiger partial charge on any atom is 0.251 e. The van der Waals surface area contributed by atoms with E-state index in [0.717, 1.165) is 31.6 Å². The van der Waals surface area contributed by atoms with Gasteiger partial charge in [-0.25, -0.2) is 0 Å². The third-order valence-electron chi connectivity index (χ3n) is 4.72. The van der Waals surface area contributed by atoms with Crippen LogP contribution < -0.4 is 10.6 Å². The van der Waals surface area contributed by atoms with Gasteiger partial charge in [0.2, 0.25) is 5.91 Å². The molecule has 0 aromatic heterocycles. The number of hydrogen-bond donors (Lipinski definition) is 2. The number of nitrogens with one attached hydrogen (secondary N) is 2. The lowest BCUT2D eigenvalue weighted by molar-refractivity contribution is -0.116. The molecule has 2 aromatic rings. The fourth-order valence-corrected chi connectivity index (χ4v) is 3.40. The van der Waals surface area contributed by atoms with Gasteiger partial charge in [0.15, 0.2) is 0 Å². The first-order valence-corrected chi connectivity index (χ1v) is 9.61. The van der Waals surface area contributed by atoms with Crippen LogP contribution in [0.1, 0.15) is 29.6 Å². The van der Waals surface area contributed by atoms with Crippen molar-refractivity contribution in [3.8, 4) is 0 Å².